The van der Waals surface area contributed by atoms with Gasteiger partial charge in [0.05, 0.1) is 5.84 Å². The van der Waals surface area contributed by atoms with Gasteiger partial charge < -0.3 is 16.6 Å². The quantitative estimate of drug-likeness (QED) is 0.387. The van der Waals surface area contributed by atoms with E-state index in [1.165, 1.54) is 0 Å². The third-order valence-corrected chi connectivity index (χ3v) is 1.33. The number of rotatable bonds is 5. The van der Waals surface area contributed by atoms with Crippen LogP contribution in [0.5, 0.6) is 0 Å². The smallest absolute Gasteiger partial charge is 0.328 e. The fourth-order valence-corrected chi connectivity index (χ4v) is 0.800. The minimum atomic E-state index is -0.951. The standard InChI is InChI=1S/C7H15N3O2/c1-5(9)10-6(7(11)12)3-2-4-8/h6H,2-4,8H2,1H3,(H2,9,10)(H,11,12)/t6-/m0/s1. The first-order chi connectivity index (χ1) is 5.57. The molecule has 0 radical (unpaired) electrons. The Balaban J connectivity index is 4.05. The SMILES string of the molecule is CC(N)=N[C@@H](CCCN)C(=O)O. The van der Waals surface area contributed by atoms with Gasteiger partial charge in [0.15, 0.2) is 0 Å². The molecule has 0 aromatic rings. The normalized spacial score (nSPS) is 14.3. The van der Waals surface area contributed by atoms with Gasteiger partial charge in [-0.2, -0.15) is 0 Å². The molecule has 0 aliphatic rings. The van der Waals surface area contributed by atoms with Crippen molar-refractivity contribution in [3.05, 3.63) is 0 Å². The van der Waals surface area contributed by atoms with Gasteiger partial charge in [-0.25, -0.2) is 4.79 Å². The molecule has 0 aromatic carbocycles. The maximum atomic E-state index is 10.5. The van der Waals surface area contributed by atoms with Crippen LogP contribution in [0.1, 0.15) is 19.8 Å². The van der Waals surface area contributed by atoms with E-state index >= 15 is 0 Å². The van der Waals surface area contributed by atoms with E-state index in [1.54, 1.807) is 6.92 Å². The van der Waals surface area contributed by atoms with Gasteiger partial charge in [-0.3, -0.25) is 4.99 Å². The highest BCUT2D eigenvalue weighted by Crippen LogP contribution is 2.01. The zero-order chi connectivity index (χ0) is 9.56. The predicted molar refractivity (Wildman–Crippen MR) is 47.0 cm³/mol. The summed E-state index contributed by atoms with van der Waals surface area (Å²) in [5, 5.41) is 8.65. The lowest BCUT2D eigenvalue weighted by atomic mass is 10.1. The summed E-state index contributed by atoms with van der Waals surface area (Å²) < 4.78 is 0. The van der Waals surface area contributed by atoms with Gasteiger partial charge in [-0.05, 0) is 26.3 Å². The molecule has 5 nitrogen and oxygen atoms in total. The van der Waals surface area contributed by atoms with Crippen molar-refractivity contribution in [2.75, 3.05) is 6.54 Å². The average molecular weight is 173 g/mol. The molecule has 0 rings (SSSR count). The lowest BCUT2D eigenvalue weighted by molar-refractivity contribution is -0.138. The fraction of sp³-hybridized carbons (Fsp3) is 0.714. The van der Waals surface area contributed by atoms with Gasteiger partial charge in [0.2, 0.25) is 0 Å². The number of aliphatic carboxylic acids is 1. The lowest BCUT2D eigenvalue weighted by Crippen LogP contribution is -2.22. The van der Waals surface area contributed by atoms with Crippen molar-refractivity contribution in [2.45, 2.75) is 25.8 Å². The van der Waals surface area contributed by atoms with E-state index in [0.717, 1.165) is 0 Å². The molecule has 12 heavy (non-hydrogen) atoms. The van der Waals surface area contributed by atoms with Crippen molar-refractivity contribution in [3.8, 4) is 0 Å². The molecule has 0 heterocycles. The van der Waals surface area contributed by atoms with E-state index in [1.807, 2.05) is 0 Å². The number of hydrogen-bond donors (Lipinski definition) is 3. The molecular formula is C7H15N3O2. The molecule has 1 atom stereocenters. The Bertz CT molecular complexity index is 175. The van der Waals surface area contributed by atoms with Crippen LogP contribution in [0.3, 0.4) is 0 Å². The largest absolute Gasteiger partial charge is 0.480 e. The van der Waals surface area contributed by atoms with Crippen molar-refractivity contribution in [2.24, 2.45) is 16.5 Å². The highest BCUT2D eigenvalue weighted by atomic mass is 16.4. The maximum absolute atomic E-state index is 10.5. The van der Waals surface area contributed by atoms with Crippen molar-refractivity contribution in [3.63, 3.8) is 0 Å². The van der Waals surface area contributed by atoms with Crippen molar-refractivity contribution in [1.29, 1.82) is 0 Å². The molecule has 5 N–H and O–H groups in total. The van der Waals surface area contributed by atoms with Crippen molar-refractivity contribution in [1.82, 2.24) is 0 Å². The molecule has 0 saturated carbocycles. The van der Waals surface area contributed by atoms with Crippen LogP contribution in [0.15, 0.2) is 4.99 Å². The minimum Gasteiger partial charge on any atom is -0.480 e. The number of amidine groups is 1. The molecule has 0 spiro atoms. The highest BCUT2D eigenvalue weighted by molar-refractivity contribution is 5.82. The van der Waals surface area contributed by atoms with Gasteiger partial charge in [-0.15, -0.1) is 0 Å². The summed E-state index contributed by atoms with van der Waals surface area (Å²) in [6, 6.07) is -0.737. The molecular weight excluding hydrogens is 158 g/mol. The molecule has 0 unspecified atom stereocenters. The summed E-state index contributed by atoms with van der Waals surface area (Å²) in [5.41, 5.74) is 10.5. The van der Waals surface area contributed by atoms with Gasteiger partial charge in [0.1, 0.15) is 6.04 Å². The Kier molecular flexibility index (Phi) is 5.03. The number of nitrogens with two attached hydrogens (primary N) is 2. The fourth-order valence-electron chi connectivity index (χ4n) is 0.800. The third kappa shape index (κ3) is 4.68. The molecule has 0 fully saturated rings. The van der Waals surface area contributed by atoms with Gasteiger partial charge in [0, 0.05) is 0 Å². The van der Waals surface area contributed by atoms with Gasteiger partial charge >= 0.3 is 5.97 Å². The molecule has 0 aromatic heterocycles. The summed E-state index contributed by atoms with van der Waals surface area (Å²) >= 11 is 0. The minimum absolute atomic E-state index is 0.291. The van der Waals surface area contributed by atoms with Crippen LogP contribution in [0.2, 0.25) is 0 Å². The Morgan fingerprint density at radius 2 is 2.25 bits per heavy atom. The zero-order valence-corrected chi connectivity index (χ0v) is 7.16. The summed E-state index contributed by atoms with van der Waals surface area (Å²) in [4.78, 5) is 14.3. The maximum Gasteiger partial charge on any atom is 0.328 e. The second-order valence-electron chi connectivity index (χ2n) is 2.56. The van der Waals surface area contributed by atoms with E-state index in [9.17, 15) is 4.79 Å². The Labute approximate surface area is 71.5 Å². The molecule has 0 aliphatic heterocycles. The van der Waals surface area contributed by atoms with Crippen molar-refractivity contribution < 1.29 is 9.90 Å². The summed E-state index contributed by atoms with van der Waals surface area (Å²) in [6.45, 7) is 2.04. The van der Waals surface area contributed by atoms with E-state index in [0.29, 0.717) is 25.2 Å². The monoisotopic (exact) mass is 173 g/mol. The van der Waals surface area contributed by atoms with E-state index in [2.05, 4.69) is 4.99 Å². The molecule has 0 bridgehead atoms. The van der Waals surface area contributed by atoms with E-state index in [-0.39, 0.29) is 0 Å². The lowest BCUT2D eigenvalue weighted by Gasteiger charge is -2.06. The number of nitrogens with zero attached hydrogens (tertiary/aromatic N) is 1. The molecule has 70 valence electrons. The number of carboxylic acid groups (broad SMARTS) is 1. The third-order valence-electron chi connectivity index (χ3n) is 1.33. The molecule has 5 heteroatoms. The first-order valence-corrected chi connectivity index (χ1v) is 3.80. The Morgan fingerprint density at radius 3 is 2.58 bits per heavy atom. The van der Waals surface area contributed by atoms with E-state index < -0.39 is 12.0 Å². The van der Waals surface area contributed by atoms with Gasteiger partial charge in [-0.1, -0.05) is 0 Å². The van der Waals surface area contributed by atoms with Crippen LogP contribution in [-0.4, -0.2) is 29.5 Å². The summed E-state index contributed by atoms with van der Waals surface area (Å²) in [5.74, 6) is -0.660. The van der Waals surface area contributed by atoms with Crippen LogP contribution < -0.4 is 11.5 Å². The average Bonchev–Trinajstić information content (AvgIpc) is 1.96. The first-order valence-electron chi connectivity index (χ1n) is 3.80. The van der Waals surface area contributed by atoms with Crippen molar-refractivity contribution >= 4 is 11.8 Å². The topological polar surface area (TPSA) is 102 Å². The van der Waals surface area contributed by atoms with Crippen LogP contribution in [0.4, 0.5) is 0 Å². The molecule has 0 amide bonds. The van der Waals surface area contributed by atoms with Crippen LogP contribution in [-0.2, 0) is 4.79 Å². The van der Waals surface area contributed by atoms with Gasteiger partial charge in [0.25, 0.3) is 0 Å². The summed E-state index contributed by atoms with van der Waals surface area (Å²) in [7, 11) is 0. The second kappa shape index (κ2) is 5.54. The first kappa shape index (κ1) is 10.9. The second-order valence-corrected chi connectivity index (χ2v) is 2.56. The van der Waals surface area contributed by atoms with Crippen LogP contribution >= 0.6 is 0 Å². The summed E-state index contributed by atoms with van der Waals surface area (Å²) in [6.07, 6.45) is 1.09. The number of aliphatic imine (C=N–C) groups is 1. The molecule has 0 aliphatic carbocycles. The Morgan fingerprint density at radius 1 is 1.67 bits per heavy atom. The highest BCUT2D eigenvalue weighted by Gasteiger charge is 2.14. The van der Waals surface area contributed by atoms with Crippen LogP contribution in [0, 0.1) is 0 Å². The predicted octanol–water partition coefficient (Wildman–Crippen LogP) is -0.444. The van der Waals surface area contributed by atoms with Crippen LogP contribution in [0.25, 0.3) is 0 Å². The van der Waals surface area contributed by atoms with E-state index in [4.69, 9.17) is 16.6 Å². The number of carboxylic acids is 1. The number of hydrogen-bond acceptors (Lipinski definition) is 3. The Hall–Kier alpha value is -1.10. The zero-order valence-electron chi connectivity index (χ0n) is 7.16. The molecule has 0 saturated heterocycles. The number of carbonyl (C=O) groups is 1.